The van der Waals surface area contributed by atoms with E-state index in [0.29, 0.717) is 4.90 Å². The number of primary amides is 1. The van der Waals surface area contributed by atoms with Crippen molar-refractivity contribution >= 4 is 18.5 Å². The Morgan fingerprint density at radius 3 is 2.23 bits per heavy atom. The number of rotatable bonds is 2. The summed E-state index contributed by atoms with van der Waals surface area (Å²) >= 11 is 3.91. The van der Waals surface area contributed by atoms with E-state index in [9.17, 15) is 18.0 Å². The third-order valence-corrected chi connectivity index (χ3v) is 2.96. The lowest BCUT2D eigenvalue weighted by Crippen LogP contribution is -2.24. The Bertz CT molecular complexity index is 508. The van der Waals surface area contributed by atoms with Gasteiger partial charge in [-0.05, 0) is 50.2 Å². The van der Waals surface area contributed by atoms with Crippen molar-refractivity contribution in [2.75, 3.05) is 13.1 Å². The van der Waals surface area contributed by atoms with Gasteiger partial charge in [-0.25, -0.2) is 0 Å². The van der Waals surface area contributed by atoms with Crippen LogP contribution in [-0.4, -0.2) is 25.4 Å². The lowest BCUT2D eigenvalue weighted by Gasteiger charge is -2.13. The number of thiol groups is 1. The summed E-state index contributed by atoms with van der Waals surface area (Å²) in [7, 11) is 0. The largest absolute Gasteiger partial charge is 0.573 e. The van der Waals surface area contributed by atoms with Crippen LogP contribution in [0.25, 0.3) is 0 Å². The molecule has 0 spiro atoms. The molecule has 3 N–H and O–H groups in total. The Morgan fingerprint density at radius 1 is 1.23 bits per heavy atom. The van der Waals surface area contributed by atoms with Gasteiger partial charge in [0, 0.05) is 11.0 Å². The van der Waals surface area contributed by atoms with E-state index in [4.69, 9.17) is 5.73 Å². The van der Waals surface area contributed by atoms with Crippen LogP contribution in [0.2, 0.25) is 0 Å². The fraction of sp³-hybridized carbons (Fsp3) is 0.357. The van der Waals surface area contributed by atoms with Gasteiger partial charge in [0.25, 0.3) is 0 Å². The molecule has 0 atom stereocenters. The van der Waals surface area contributed by atoms with Gasteiger partial charge in [0.15, 0.2) is 0 Å². The maximum atomic E-state index is 11.6. The third-order valence-electron chi connectivity index (χ3n) is 2.66. The molecule has 22 heavy (non-hydrogen) atoms. The summed E-state index contributed by atoms with van der Waals surface area (Å²) in [6, 6.07) is 5.25. The maximum absolute atomic E-state index is 11.6. The van der Waals surface area contributed by atoms with Crippen molar-refractivity contribution < 1.29 is 22.7 Å². The second-order valence-electron chi connectivity index (χ2n) is 4.50. The smallest absolute Gasteiger partial charge is 0.406 e. The number of piperidine rings is 1. The Labute approximate surface area is 131 Å². The highest BCUT2D eigenvalue weighted by atomic mass is 32.1. The molecule has 0 aromatic heterocycles. The van der Waals surface area contributed by atoms with Gasteiger partial charge in [-0.2, -0.15) is 0 Å². The van der Waals surface area contributed by atoms with Gasteiger partial charge < -0.3 is 15.8 Å². The number of hydrogen-bond donors (Lipinski definition) is 3. The zero-order valence-electron chi connectivity index (χ0n) is 11.7. The monoisotopic (exact) mass is 334 g/mol. The maximum Gasteiger partial charge on any atom is 0.573 e. The van der Waals surface area contributed by atoms with Crippen LogP contribution in [0, 0.1) is 0 Å². The molecule has 1 aromatic carbocycles. The van der Waals surface area contributed by atoms with Crippen molar-refractivity contribution in [1.29, 1.82) is 0 Å². The average Bonchev–Trinajstić information content (AvgIpc) is 2.41. The van der Waals surface area contributed by atoms with Gasteiger partial charge in [0.2, 0.25) is 5.91 Å². The van der Waals surface area contributed by atoms with Gasteiger partial charge in [0.1, 0.15) is 5.75 Å². The minimum atomic E-state index is -4.63. The van der Waals surface area contributed by atoms with Gasteiger partial charge in [0.05, 0.1) is 0 Å². The first-order chi connectivity index (χ1) is 10.3. The van der Waals surface area contributed by atoms with E-state index >= 15 is 0 Å². The first-order valence-electron chi connectivity index (χ1n) is 6.50. The molecule has 1 aliphatic rings. The molecule has 0 bridgehead atoms. The van der Waals surface area contributed by atoms with Crippen molar-refractivity contribution in [3.63, 3.8) is 0 Å². The molecule has 1 aliphatic heterocycles. The quantitative estimate of drug-likeness (QED) is 0.575. The van der Waals surface area contributed by atoms with Gasteiger partial charge in [-0.15, -0.1) is 25.8 Å². The zero-order chi connectivity index (χ0) is 16.6. The molecule has 122 valence electrons. The van der Waals surface area contributed by atoms with Crippen molar-refractivity contribution in [2.45, 2.75) is 24.1 Å². The number of carbonyl (C=O) groups is 1. The van der Waals surface area contributed by atoms with E-state index in [2.05, 4.69) is 22.7 Å². The second kappa shape index (κ2) is 8.70. The summed E-state index contributed by atoms with van der Waals surface area (Å²) in [5.74, 6) is -0.558. The van der Waals surface area contributed by atoms with Crippen LogP contribution in [0.3, 0.4) is 0 Å². The number of benzene rings is 1. The van der Waals surface area contributed by atoms with E-state index in [1.807, 2.05) is 0 Å². The van der Waals surface area contributed by atoms with Crippen LogP contribution < -0.4 is 15.8 Å². The van der Waals surface area contributed by atoms with E-state index < -0.39 is 6.36 Å². The highest BCUT2D eigenvalue weighted by Gasteiger charge is 2.30. The molecular weight excluding hydrogens is 317 g/mol. The predicted molar refractivity (Wildman–Crippen MR) is 79.8 cm³/mol. The highest BCUT2D eigenvalue weighted by Crippen LogP contribution is 2.23. The molecule has 1 aromatic rings. The number of hydrogen-bond acceptors (Lipinski definition) is 4. The van der Waals surface area contributed by atoms with Crippen LogP contribution in [0.1, 0.15) is 12.8 Å². The Morgan fingerprint density at radius 2 is 1.77 bits per heavy atom. The summed E-state index contributed by atoms with van der Waals surface area (Å²) in [5, 5.41) is 3.20. The minimum Gasteiger partial charge on any atom is -0.406 e. The summed E-state index contributed by atoms with van der Waals surface area (Å²) in [4.78, 5) is 11.0. The van der Waals surface area contributed by atoms with E-state index in [1.54, 1.807) is 6.08 Å². The molecular formula is C14H17F3N2O2S. The number of halogens is 3. The van der Waals surface area contributed by atoms with Crippen LogP contribution in [0.5, 0.6) is 5.75 Å². The standard InChI is InChI=1S/C7H5F3OS.C7H12N2O/c8-7(9,10)11-5-1-3-6(12)4-2-5;8-7(10)5-6-1-3-9-4-2-6/h1-4,12H;5,9H,1-4H2,(H2,8,10). The van der Waals surface area contributed by atoms with Gasteiger partial charge in [-0.1, -0.05) is 5.57 Å². The van der Waals surface area contributed by atoms with Crippen molar-refractivity contribution in [3.05, 3.63) is 35.9 Å². The van der Waals surface area contributed by atoms with E-state index in [0.717, 1.165) is 25.9 Å². The molecule has 0 saturated carbocycles. The fourth-order valence-corrected chi connectivity index (χ4v) is 1.89. The minimum absolute atomic E-state index is 0.236. The zero-order valence-corrected chi connectivity index (χ0v) is 12.6. The Kier molecular flexibility index (Phi) is 7.26. The molecule has 8 heteroatoms. The fourth-order valence-electron chi connectivity index (χ4n) is 1.74. The van der Waals surface area contributed by atoms with Crippen LogP contribution >= 0.6 is 12.6 Å². The summed E-state index contributed by atoms with van der Waals surface area (Å²) in [5.41, 5.74) is 6.16. The molecule has 0 unspecified atom stereocenters. The van der Waals surface area contributed by atoms with E-state index in [1.165, 1.54) is 29.8 Å². The average molecular weight is 334 g/mol. The van der Waals surface area contributed by atoms with Crippen molar-refractivity contribution in [2.24, 2.45) is 5.73 Å². The van der Waals surface area contributed by atoms with Crippen LogP contribution in [-0.2, 0) is 4.79 Å². The number of nitrogens with one attached hydrogen (secondary N) is 1. The second-order valence-corrected chi connectivity index (χ2v) is 5.01. The molecule has 1 heterocycles. The SMILES string of the molecule is FC(F)(F)Oc1ccc(S)cc1.NC(=O)C=C1CCNCC1. The third kappa shape index (κ3) is 8.58. The topological polar surface area (TPSA) is 64.3 Å². The van der Waals surface area contributed by atoms with Crippen LogP contribution in [0.15, 0.2) is 40.8 Å². The first kappa shape index (κ1) is 18.4. The van der Waals surface area contributed by atoms with Crippen molar-refractivity contribution in [3.8, 4) is 5.75 Å². The molecule has 4 nitrogen and oxygen atoms in total. The molecule has 2 rings (SSSR count). The van der Waals surface area contributed by atoms with Crippen LogP contribution in [0.4, 0.5) is 13.2 Å². The lowest BCUT2D eigenvalue weighted by molar-refractivity contribution is -0.274. The number of amides is 1. The molecule has 0 aliphatic carbocycles. The molecule has 1 saturated heterocycles. The van der Waals surface area contributed by atoms with E-state index in [-0.39, 0.29) is 11.7 Å². The first-order valence-corrected chi connectivity index (χ1v) is 6.95. The number of nitrogens with two attached hydrogens (primary N) is 1. The predicted octanol–water partition coefficient (Wildman–Crippen LogP) is 2.66. The molecule has 1 amide bonds. The lowest BCUT2D eigenvalue weighted by atomic mass is 10.1. The molecule has 0 radical (unpaired) electrons. The summed E-state index contributed by atoms with van der Waals surface area (Å²) in [6.07, 6.45) is -1.16. The summed E-state index contributed by atoms with van der Waals surface area (Å²) in [6.45, 7) is 1.94. The summed E-state index contributed by atoms with van der Waals surface area (Å²) < 4.78 is 38.4. The van der Waals surface area contributed by atoms with Gasteiger partial charge in [-0.3, -0.25) is 4.79 Å². The van der Waals surface area contributed by atoms with Crippen molar-refractivity contribution in [1.82, 2.24) is 5.32 Å². The Hall–Kier alpha value is -1.67. The number of alkyl halides is 3. The normalized spacial score (nSPS) is 14.6. The highest BCUT2D eigenvalue weighted by molar-refractivity contribution is 7.80. The molecule has 1 fully saturated rings. The Balaban J connectivity index is 0.000000224. The number of ether oxygens (including phenoxy) is 1. The number of carbonyl (C=O) groups excluding carboxylic acids is 1. The van der Waals surface area contributed by atoms with Gasteiger partial charge >= 0.3 is 6.36 Å².